The zero-order chi connectivity index (χ0) is 19.3. The summed E-state index contributed by atoms with van der Waals surface area (Å²) in [6.45, 7) is 5.52. The maximum absolute atomic E-state index is 11.9. The Morgan fingerprint density at radius 1 is 1.15 bits per heavy atom. The molecule has 0 aliphatic heterocycles. The van der Waals surface area contributed by atoms with Crippen LogP contribution in [0.4, 0.5) is 10.5 Å². The molecule has 9 heteroatoms. The maximum atomic E-state index is 11.9. The van der Waals surface area contributed by atoms with E-state index >= 15 is 0 Å². The smallest absolute Gasteiger partial charge is 0.407 e. The second kappa shape index (κ2) is 8.53. The van der Waals surface area contributed by atoms with Crippen LogP contribution < -0.4 is 16.0 Å². The SMILES string of the molecule is CNC(=O)c1nnc(Cl)cc1NC1CCC(NC(=O)OC(C)(C)C)CC1. The molecule has 1 saturated carbocycles. The van der Waals surface area contributed by atoms with Crippen LogP contribution in [0, 0.1) is 0 Å². The fourth-order valence-electron chi connectivity index (χ4n) is 2.84. The van der Waals surface area contributed by atoms with Gasteiger partial charge in [-0.2, -0.15) is 0 Å². The molecule has 1 fully saturated rings. The van der Waals surface area contributed by atoms with Crippen molar-refractivity contribution in [3.05, 3.63) is 16.9 Å². The predicted molar refractivity (Wildman–Crippen MR) is 99.5 cm³/mol. The number of hydrogen-bond donors (Lipinski definition) is 3. The molecule has 26 heavy (non-hydrogen) atoms. The lowest BCUT2D eigenvalue weighted by Gasteiger charge is -2.31. The Balaban J connectivity index is 1.90. The van der Waals surface area contributed by atoms with Gasteiger partial charge >= 0.3 is 6.09 Å². The second-order valence-electron chi connectivity index (χ2n) is 7.35. The van der Waals surface area contributed by atoms with E-state index in [0.717, 1.165) is 25.7 Å². The highest BCUT2D eigenvalue weighted by Gasteiger charge is 2.26. The van der Waals surface area contributed by atoms with Crippen LogP contribution in [0.1, 0.15) is 56.9 Å². The Bertz CT molecular complexity index is 654. The zero-order valence-corrected chi connectivity index (χ0v) is 16.3. The summed E-state index contributed by atoms with van der Waals surface area (Å²) in [6.07, 6.45) is 2.93. The third-order valence-corrected chi connectivity index (χ3v) is 4.20. The van der Waals surface area contributed by atoms with E-state index in [9.17, 15) is 9.59 Å². The minimum Gasteiger partial charge on any atom is -0.444 e. The number of amides is 2. The van der Waals surface area contributed by atoms with Gasteiger partial charge in [0.15, 0.2) is 10.8 Å². The largest absolute Gasteiger partial charge is 0.444 e. The summed E-state index contributed by atoms with van der Waals surface area (Å²) in [5.74, 6) is -0.322. The van der Waals surface area contributed by atoms with Crippen molar-refractivity contribution in [2.75, 3.05) is 12.4 Å². The van der Waals surface area contributed by atoms with E-state index < -0.39 is 5.60 Å². The van der Waals surface area contributed by atoms with E-state index in [4.69, 9.17) is 16.3 Å². The summed E-state index contributed by atoms with van der Waals surface area (Å²) in [5, 5.41) is 16.6. The van der Waals surface area contributed by atoms with Crippen molar-refractivity contribution in [3.63, 3.8) is 0 Å². The average Bonchev–Trinajstić information content (AvgIpc) is 2.54. The van der Waals surface area contributed by atoms with E-state index in [1.54, 1.807) is 6.07 Å². The Morgan fingerprint density at radius 3 is 2.35 bits per heavy atom. The molecule has 8 nitrogen and oxygen atoms in total. The number of alkyl carbamates (subject to hydrolysis) is 1. The molecular formula is C17H26ClN5O3. The number of ether oxygens (including phenoxy) is 1. The number of nitrogens with zero attached hydrogens (tertiary/aromatic N) is 2. The van der Waals surface area contributed by atoms with Crippen molar-refractivity contribution in [2.45, 2.75) is 64.1 Å². The first kappa shape index (κ1) is 20.2. The van der Waals surface area contributed by atoms with Crippen molar-refractivity contribution >= 4 is 29.3 Å². The maximum Gasteiger partial charge on any atom is 0.407 e. The molecule has 0 atom stereocenters. The number of carbonyl (C=O) groups excluding carboxylic acids is 2. The minimum atomic E-state index is -0.507. The summed E-state index contributed by atoms with van der Waals surface area (Å²) in [4.78, 5) is 23.8. The van der Waals surface area contributed by atoms with Gasteiger partial charge in [0.25, 0.3) is 5.91 Å². The fraction of sp³-hybridized carbons (Fsp3) is 0.647. The number of anilines is 1. The van der Waals surface area contributed by atoms with Gasteiger partial charge in [-0.25, -0.2) is 4.79 Å². The third-order valence-electron chi connectivity index (χ3n) is 4.01. The number of rotatable bonds is 4. The van der Waals surface area contributed by atoms with Crippen molar-refractivity contribution in [3.8, 4) is 0 Å². The molecule has 0 unspecified atom stereocenters. The van der Waals surface area contributed by atoms with Gasteiger partial charge in [0.2, 0.25) is 0 Å². The molecule has 2 rings (SSSR count). The third kappa shape index (κ3) is 6.01. The average molecular weight is 384 g/mol. The molecule has 0 radical (unpaired) electrons. The number of halogens is 1. The summed E-state index contributed by atoms with van der Waals surface area (Å²) in [7, 11) is 1.54. The highest BCUT2D eigenvalue weighted by atomic mass is 35.5. The van der Waals surface area contributed by atoms with Crippen molar-refractivity contribution in [1.29, 1.82) is 0 Å². The molecule has 144 valence electrons. The molecule has 0 aromatic carbocycles. The van der Waals surface area contributed by atoms with E-state index in [0.29, 0.717) is 5.69 Å². The lowest BCUT2D eigenvalue weighted by Crippen LogP contribution is -2.42. The van der Waals surface area contributed by atoms with Crippen LogP contribution in [0.2, 0.25) is 5.15 Å². The molecule has 1 heterocycles. The molecular weight excluding hydrogens is 358 g/mol. The van der Waals surface area contributed by atoms with Gasteiger partial charge < -0.3 is 20.7 Å². The van der Waals surface area contributed by atoms with Crippen LogP contribution in [0.3, 0.4) is 0 Å². The molecule has 1 aromatic heterocycles. The van der Waals surface area contributed by atoms with E-state index in [1.807, 2.05) is 20.8 Å². The second-order valence-corrected chi connectivity index (χ2v) is 7.73. The first-order valence-corrected chi connectivity index (χ1v) is 9.07. The molecule has 1 aliphatic carbocycles. The van der Waals surface area contributed by atoms with Gasteiger partial charge in [-0.3, -0.25) is 4.79 Å². The van der Waals surface area contributed by atoms with Crippen LogP contribution in [-0.2, 0) is 4.74 Å². The Kier molecular flexibility index (Phi) is 6.63. The lowest BCUT2D eigenvalue weighted by molar-refractivity contribution is 0.0492. The summed E-state index contributed by atoms with van der Waals surface area (Å²) < 4.78 is 5.29. The van der Waals surface area contributed by atoms with Crippen LogP contribution in [0.15, 0.2) is 6.07 Å². The van der Waals surface area contributed by atoms with Gasteiger partial charge in [-0.15, -0.1) is 10.2 Å². The molecule has 1 aliphatic rings. The van der Waals surface area contributed by atoms with E-state index in [-0.39, 0.29) is 34.9 Å². The minimum absolute atomic E-state index is 0.0838. The van der Waals surface area contributed by atoms with E-state index in [1.165, 1.54) is 7.05 Å². The first-order chi connectivity index (χ1) is 12.2. The number of nitrogens with one attached hydrogen (secondary N) is 3. The van der Waals surface area contributed by atoms with Gasteiger partial charge in [-0.1, -0.05) is 11.6 Å². The van der Waals surface area contributed by atoms with Crippen molar-refractivity contribution in [1.82, 2.24) is 20.8 Å². The van der Waals surface area contributed by atoms with Gasteiger partial charge in [0.05, 0.1) is 5.69 Å². The molecule has 1 aromatic rings. The Labute approximate surface area is 158 Å². The quantitative estimate of drug-likeness (QED) is 0.738. The van der Waals surface area contributed by atoms with Crippen molar-refractivity contribution < 1.29 is 14.3 Å². The number of hydrogen-bond acceptors (Lipinski definition) is 6. The van der Waals surface area contributed by atoms with Crippen LogP contribution in [0.25, 0.3) is 0 Å². The van der Waals surface area contributed by atoms with Crippen LogP contribution >= 0.6 is 11.6 Å². The molecule has 0 spiro atoms. The molecule has 2 amide bonds. The molecule has 0 saturated heterocycles. The number of aromatic nitrogens is 2. The molecule has 0 bridgehead atoms. The van der Waals surface area contributed by atoms with Gasteiger partial charge in [-0.05, 0) is 46.5 Å². The van der Waals surface area contributed by atoms with Gasteiger partial charge in [0, 0.05) is 25.2 Å². The molecule has 3 N–H and O–H groups in total. The predicted octanol–water partition coefficient (Wildman–Crippen LogP) is 2.74. The fourth-order valence-corrected chi connectivity index (χ4v) is 2.99. The Morgan fingerprint density at radius 2 is 1.77 bits per heavy atom. The normalized spacial score (nSPS) is 20.2. The highest BCUT2D eigenvalue weighted by molar-refractivity contribution is 6.29. The van der Waals surface area contributed by atoms with Gasteiger partial charge in [0.1, 0.15) is 5.60 Å². The zero-order valence-electron chi connectivity index (χ0n) is 15.6. The van der Waals surface area contributed by atoms with Crippen LogP contribution in [-0.4, -0.2) is 46.9 Å². The topological polar surface area (TPSA) is 105 Å². The monoisotopic (exact) mass is 383 g/mol. The lowest BCUT2D eigenvalue weighted by atomic mass is 9.91. The number of carbonyl (C=O) groups is 2. The highest BCUT2D eigenvalue weighted by Crippen LogP contribution is 2.25. The summed E-state index contributed by atoms with van der Waals surface area (Å²) in [5.41, 5.74) is 0.269. The van der Waals surface area contributed by atoms with Crippen LogP contribution in [0.5, 0.6) is 0 Å². The Hall–Kier alpha value is -2.09. The summed E-state index contributed by atoms with van der Waals surface area (Å²) >= 11 is 5.91. The standard InChI is InChI=1S/C17H26ClN5O3/c1-17(2,3)26-16(25)21-11-7-5-10(6-8-11)20-12-9-13(18)22-23-14(12)15(24)19-4/h9-11H,5-8H2,1-4H3,(H,19,24)(H,20,22)(H,21,25). The van der Waals surface area contributed by atoms with E-state index in [2.05, 4.69) is 26.1 Å². The first-order valence-electron chi connectivity index (χ1n) is 8.69. The van der Waals surface area contributed by atoms with Crippen molar-refractivity contribution in [2.24, 2.45) is 0 Å². The summed E-state index contributed by atoms with van der Waals surface area (Å²) in [6, 6.07) is 1.85.